The molecule has 7 nitrogen and oxygen atoms in total. The van der Waals surface area contributed by atoms with E-state index in [4.69, 9.17) is 0 Å². The fraction of sp³-hybridized carbons (Fsp3) is 0.300. The summed E-state index contributed by atoms with van der Waals surface area (Å²) in [5.74, 6) is -1.84. The highest BCUT2D eigenvalue weighted by molar-refractivity contribution is 7.89. The van der Waals surface area contributed by atoms with Crippen molar-refractivity contribution in [2.45, 2.75) is 17.7 Å². The van der Waals surface area contributed by atoms with Gasteiger partial charge in [0.15, 0.2) is 0 Å². The Labute approximate surface area is 173 Å². The van der Waals surface area contributed by atoms with Gasteiger partial charge in [0, 0.05) is 39.0 Å². The molecule has 0 spiro atoms. The molecule has 0 atom stereocenters. The van der Waals surface area contributed by atoms with Gasteiger partial charge in [-0.05, 0) is 36.4 Å². The molecule has 30 heavy (non-hydrogen) atoms. The number of rotatable bonds is 6. The van der Waals surface area contributed by atoms with Gasteiger partial charge in [0.05, 0.1) is 10.6 Å². The number of hydrogen-bond acceptors (Lipinski definition) is 4. The van der Waals surface area contributed by atoms with Crippen molar-refractivity contribution in [2.24, 2.45) is 0 Å². The summed E-state index contributed by atoms with van der Waals surface area (Å²) in [4.78, 5) is 25.8. The number of hydrogen-bond donors (Lipinski definition) is 1. The van der Waals surface area contributed by atoms with Crippen LogP contribution in [0.4, 0.5) is 14.5 Å². The van der Waals surface area contributed by atoms with Gasteiger partial charge in [-0.1, -0.05) is 12.1 Å². The van der Waals surface area contributed by atoms with E-state index in [0.717, 1.165) is 12.1 Å². The van der Waals surface area contributed by atoms with Crippen molar-refractivity contribution in [1.82, 2.24) is 9.21 Å². The van der Waals surface area contributed by atoms with Gasteiger partial charge < -0.3 is 10.2 Å². The zero-order valence-corrected chi connectivity index (χ0v) is 16.9. The van der Waals surface area contributed by atoms with Gasteiger partial charge in [-0.3, -0.25) is 9.59 Å². The Balaban J connectivity index is 1.48. The maximum atomic E-state index is 13.6. The molecular formula is C20H21F2N3O4S. The molecule has 0 radical (unpaired) electrons. The first-order chi connectivity index (χ1) is 14.3. The number of carbonyl (C=O) groups excluding carboxylic acids is 2. The molecule has 1 saturated heterocycles. The van der Waals surface area contributed by atoms with Crippen molar-refractivity contribution < 1.29 is 26.8 Å². The summed E-state index contributed by atoms with van der Waals surface area (Å²) in [7, 11) is -3.76. The lowest BCUT2D eigenvalue weighted by atomic mass is 10.2. The molecule has 160 valence electrons. The van der Waals surface area contributed by atoms with Gasteiger partial charge >= 0.3 is 0 Å². The van der Waals surface area contributed by atoms with E-state index in [9.17, 15) is 26.8 Å². The molecule has 1 aliphatic heterocycles. The van der Waals surface area contributed by atoms with Crippen molar-refractivity contribution in [3.8, 4) is 0 Å². The molecule has 1 fully saturated rings. The second-order valence-corrected chi connectivity index (χ2v) is 8.70. The van der Waals surface area contributed by atoms with E-state index in [-0.39, 0.29) is 55.5 Å². The zero-order valence-electron chi connectivity index (χ0n) is 16.1. The topological polar surface area (TPSA) is 86.8 Å². The van der Waals surface area contributed by atoms with Crippen molar-refractivity contribution >= 4 is 27.5 Å². The van der Waals surface area contributed by atoms with Crippen LogP contribution in [0.15, 0.2) is 53.4 Å². The zero-order chi connectivity index (χ0) is 21.7. The SMILES string of the molecule is O=C(CCC(=O)N1CCN(S(=O)(=O)c2ccc(F)cc2)CC1)Nc1ccccc1F. The number of anilines is 1. The number of carbonyl (C=O) groups is 2. The van der Waals surface area contributed by atoms with Gasteiger partial charge in [0.1, 0.15) is 11.6 Å². The Morgan fingerprint density at radius 3 is 2.17 bits per heavy atom. The molecule has 3 rings (SSSR count). The van der Waals surface area contributed by atoms with Crippen molar-refractivity contribution in [2.75, 3.05) is 31.5 Å². The van der Waals surface area contributed by atoms with E-state index < -0.39 is 27.6 Å². The van der Waals surface area contributed by atoms with Crippen LogP contribution in [0.1, 0.15) is 12.8 Å². The molecule has 2 aromatic rings. The van der Waals surface area contributed by atoms with Gasteiger partial charge in [-0.15, -0.1) is 0 Å². The van der Waals surface area contributed by atoms with E-state index >= 15 is 0 Å². The molecule has 2 aromatic carbocycles. The summed E-state index contributed by atoms with van der Waals surface area (Å²) in [6.45, 7) is 0.585. The number of sulfonamides is 1. The maximum Gasteiger partial charge on any atom is 0.243 e. The molecule has 0 saturated carbocycles. The van der Waals surface area contributed by atoms with E-state index in [1.54, 1.807) is 6.07 Å². The minimum Gasteiger partial charge on any atom is -0.340 e. The predicted molar refractivity (Wildman–Crippen MR) is 106 cm³/mol. The van der Waals surface area contributed by atoms with Crippen molar-refractivity contribution in [1.29, 1.82) is 0 Å². The first kappa shape index (κ1) is 21.8. The molecule has 1 aliphatic rings. The lowest BCUT2D eigenvalue weighted by molar-refractivity contribution is -0.133. The summed E-state index contributed by atoms with van der Waals surface area (Å²) in [5, 5.41) is 2.42. The number of nitrogens with zero attached hydrogens (tertiary/aromatic N) is 2. The quantitative estimate of drug-likeness (QED) is 0.751. The van der Waals surface area contributed by atoms with Crippen LogP contribution in [0.3, 0.4) is 0 Å². The largest absolute Gasteiger partial charge is 0.340 e. The second kappa shape index (κ2) is 9.31. The standard InChI is InChI=1S/C20H21F2N3O4S/c21-15-5-7-16(8-6-15)30(28,29)25-13-11-24(12-14-25)20(27)10-9-19(26)23-18-4-2-1-3-17(18)22/h1-8H,9-14H2,(H,23,26). The highest BCUT2D eigenvalue weighted by atomic mass is 32.2. The van der Waals surface area contributed by atoms with E-state index in [1.807, 2.05) is 0 Å². The number of para-hydroxylation sites is 1. The third-order valence-electron chi connectivity index (χ3n) is 4.76. The fourth-order valence-electron chi connectivity index (χ4n) is 3.09. The molecule has 2 amide bonds. The van der Waals surface area contributed by atoms with Crippen LogP contribution >= 0.6 is 0 Å². The Kier molecular flexibility index (Phi) is 6.78. The predicted octanol–water partition coefficient (Wildman–Crippen LogP) is 2.22. The number of amides is 2. The lowest BCUT2D eigenvalue weighted by Gasteiger charge is -2.34. The Hall–Kier alpha value is -2.85. The second-order valence-electron chi connectivity index (χ2n) is 6.77. The number of halogens is 2. The normalized spacial score (nSPS) is 15.1. The average Bonchev–Trinajstić information content (AvgIpc) is 2.74. The van der Waals surface area contributed by atoms with Crippen LogP contribution in [-0.4, -0.2) is 55.6 Å². The average molecular weight is 437 g/mol. The monoisotopic (exact) mass is 437 g/mol. The number of piperazine rings is 1. The first-order valence-corrected chi connectivity index (χ1v) is 10.8. The third-order valence-corrected chi connectivity index (χ3v) is 6.67. The number of nitrogens with one attached hydrogen (secondary N) is 1. The summed E-state index contributed by atoms with van der Waals surface area (Å²) in [6.07, 6.45) is -0.174. The van der Waals surface area contributed by atoms with Gasteiger partial charge in [-0.25, -0.2) is 17.2 Å². The van der Waals surface area contributed by atoms with Gasteiger partial charge in [-0.2, -0.15) is 4.31 Å². The first-order valence-electron chi connectivity index (χ1n) is 9.35. The Morgan fingerprint density at radius 1 is 0.900 bits per heavy atom. The maximum absolute atomic E-state index is 13.6. The molecule has 1 heterocycles. The number of benzene rings is 2. The molecule has 0 aromatic heterocycles. The Bertz CT molecular complexity index is 1020. The lowest BCUT2D eigenvalue weighted by Crippen LogP contribution is -2.50. The molecule has 0 unspecified atom stereocenters. The molecule has 10 heteroatoms. The van der Waals surface area contributed by atoms with E-state index in [0.29, 0.717) is 0 Å². The van der Waals surface area contributed by atoms with Crippen molar-refractivity contribution in [3.05, 3.63) is 60.2 Å². The molecular weight excluding hydrogens is 416 g/mol. The molecule has 0 aliphatic carbocycles. The smallest absolute Gasteiger partial charge is 0.243 e. The van der Waals surface area contributed by atoms with Crippen LogP contribution in [0, 0.1) is 11.6 Å². The van der Waals surface area contributed by atoms with Crippen LogP contribution in [0.2, 0.25) is 0 Å². The van der Waals surface area contributed by atoms with E-state index in [2.05, 4.69) is 5.32 Å². The summed E-state index contributed by atoms with van der Waals surface area (Å²) in [6, 6.07) is 10.3. The van der Waals surface area contributed by atoms with Crippen LogP contribution in [-0.2, 0) is 19.6 Å². The van der Waals surface area contributed by atoms with E-state index in [1.165, 1.54) is 39.5 Å². The van der Waals surface area contributed by atoms with Crippen molar-refractivity contribution in [3.63, 3.8) is 0 Å². The third kappa shape index (κ3) is 5.19. The van der Waals surface area contributed by atoms with Crippen LogP contribution in [0.25, 0.3) is 0 Å². The Morgan fingerprint density at radius 2 is 1.53 bits per heavy atom. The van der Waals surface area contributed by atoms with Crippen LogP contribution < -0.4 is 5.32 Å². The van der Waals surface area contributed by atoms with Gasteiger partial charge in [0.25, 0.3) is 0 Å². The summed E-state index contributed by atoms with van der Waals surface area (Å²) in [5.41, 5.74) is 0.0505. The highest BCUT2D eigenvalue weighted by Gasteiger charge is 2.30. The highest BCUT2D eigenvalue weighted by Crippen LogP contribution is 2.19. The minimum atomic E-state index is -3.76. The minimum absolute atomic E-state index is 0.00603. The molecule has 0 bridgehead atoms. The van der Waals surface area contributed by atoms with Crippen LogP contribution in [0.5, 0.6) is 0 Å². The molecule has 1 N–H and O–H groups in total. The van der Waals surface area contributed by atoms with Gasteiger partial charge in [0.2, 0.25) is 21.8 Å². The summed E-state index contributed by atoms with van der Waals surface area (Å²) < 4.78 is 53.0. The fourth-order valence-corrected chi connectivity index (χ4v) is 4.51. The summed E-state index contributed by atoms with van der Waals surface area (Å²) >= 11 is 0.